The van der Waals surface area contributed by atoms with Gasteiger partial charge >= 0.3 is 0 Å². The molecule has 1 atom stereocenters. The van der Waals surface area contributed by atoms with E-state index in [4.69, 9.17) is 4.42 Å². The largest absolute Gasteiger partial charge is 0.460 e. The minimum absolute atomic E-state index is 0.186. The minimum Gasteiger partial charge on any atom is -0.460 e. The van der Waals surface area contributed by atoms with Gasteiger partial charge in [0.15, 0.2) is 0 Å². The topological polar surface area (TPSA) is 42.2 Å². The van der Waals surface area contributed by atoms with Crippen LogP contribution in [-0.2, 0) is 6.54 Å². The first-order chi connectivity index (χ1) is 10.1. The molecule has 0 fully saturated rings. The van der Waals surface area contributed by atoms with Crippen molar-refractivity contribution in [2.45, 2.75) is 26.4 Å². The second-order valence-electron chi connectivity index (χ2n) is 5.42. The van der Waals surface area contributed by atoms with E-state index in [9.17, 15) is 0 Å². The number of rotatable bonds is 4. The zero-order chi connectivity index (χ0) is 14.8. The van der Waals surface area contributed by atoms with Gasteiger partial charge in [0.05, 0.1) is 30.2 Å². The van der Waals surface area contributed by atoms with Crippen molar-refractivity contribution in [3.63, 3.8) is 0 Å². The van der Waals surface area contributed by atoms with Crippen LogP contribution in [0.5, 0.6) is 0 Å². The molecule has 0 aliphatic carbocycles. The molecule has 1 aromatic carbocycles. The summed E-state index contributed by atoms with van der Waals surface area (Å²) in [7, 11) is 2.07. The van der Waals surface area contributed by atoms with Crippen molar-refractivity contribution in [3.8, 4) is 0 Å². The van der Waals surface area contributed by atoms with Gasteiger partial charge in [0.2, 0.25) is 0 Å². The van der Waals surface area contributed by atoms with Crippen LogP contribution < -0.4 is 0 Å². The molecule has 4 heteroatoms. The Bertz CT molecular complexity index is 700. The number of hydrogen-bond acceptors (Lipinski definition) is 4. The Morgan fingerprint density at radius 3 is 2.71 bits per heavy atom. The van der Waals surface area contributed by atoms with Crippen LogP contribution in [0.4, 0.5) is 0 Å². The first-order valence-corrected chi connectivity index (χ1v) is 7.10. The predicted molar refractivity (Wildman–Crippen MR) is 82.9 cm³/mol. The van der Waals surface area contributed by atoms with E-state index in [0.717, 1.165) is 34.7 Å². The maximum absolute atomic E-state index is 5.87. The Morgan fingerprint density at radius 2 is 2.00 bits per heavy atom. The van der Waals surface area contributed by atoms with E-state index in [1.54, 1.807) is 6.20 Å². The van der Waals surface area contributed by atoms with E-state index >= 15 is 0 Å². The maximum atomic E-state index is 5.87. The molecule has 0 aliphatic heterocycles. The fraction of sp³-hybridized carbons (Fsp3) is 0.294. The third-order valence-electron chi connectivity index (χ3n) is 3.77. The molecule has 0 N–H and O–H groups in total. The van der Waals surface area contributed by atoms with Gasteiger partial charge in [0, 0.05) is 11.6 Å². The summed E-state index contributed by atoms with van der Waals surface area (Å²) in [6, 6.07) is 10.4. The van der Waals surface area contributed by atoms with Gasteiger partial charge in [-0.2, -0.15) is 0 Å². The van der Waals surface area contributed by atoms with Crippen LogP contribution in [0.3, 0.4) is 0 Å². The Balaban J connectivity index is 1.75. The highest BCUT2D eigenvalue weighted by molar-refractivity contribution is 5.77. The van der Waals surface area contributed by atoms with Crippen molar-refractivity contribution >= 4 is 11.0 Å². The first-order valence-electron chi connectivity index (χ1n) is 7.10. The normalized spacial score (nSPS) is 13.0. The Labute approximate surface area is 124 Å². The van der Waals surface area contributed by atoms with Gasteiger partial charge in [-0.05, 0) is 33.0 Å². The molecule has 2 aromatic heterocycles. The maximum Gasteiger partial charge on any atom is 0.134 e. The highest BCUT2D eigenvalue weighted by Crippen LogP contribution is 2.23. The Morgan fingerprint density at radius 1 is 1.19 bits per heavy atom. The molecular weight excluding hydrogens is 262 g/mol. The number of nitrogens with zero attached hydrogens (tertiary/aromatic N) is 3. The fourth-order valence-corrected chi connectivity index (χ4v) is 2.34. The number of hydrogen-bond donors (Lipinski definition) is 0. The van der Waals surface area contributed by atoms with Crippen LogP contribution in [0.25, 0.3) is 11.0 Å². The number of aromatic nitrogens is 2. The Hall–Kier alpha value is -2.20. The molecule has 0 spiro atoms. The molecule has 0 amide bonds. The summed E-state index contributed by atoms with van der Waals surface area (Å²) < 4.78 is 5.87. The van der Waals surface area contributed by atoms with Crippen LogP contribution in [0.1, 0.15) is 30.1 Å². The summed E-state index contributed by atoms with van der Waals surface area (Å²) in [5.41, 5.74) is 2.84. The van der Waals surface area contributed by atoms with Crippen LogP contribution >= 0.6 is 0 Å². The number of furan rings is 1. The van der Waals surface area contributed by atoms with Crippen molar-refractivity contribution in [1.29, 1.82) is 0 Å². The Kier molecular flexibility index (Phi) is 3.71. The van der Waals surface area contributed by atoms with Gasteiger partial charge < -0.3 is 4.42 Å². The lowest BCUT2D eigenvalue weighted by molar-refractivity contribution is 0.230. The summed E-state index contributed by atoms with van der Waals surface area (Å²) in [6.07, 6.45) is 3.65. The molecule has 0 aliphatic rings. The highest BCUT2D eigenvalue weighted by Gasteiger charge is 2.15. The van der Waals surface area contributed by atoms with Crippen molar-refractivity contribution in [2.24, 2.45) is 0 Å². The van der Waals surface area contributed by atoms with Gasteiger partial charge in [-0.1, -0.05) is 18.2 Å². The third-order valence-corrected chi connectivity index (χ3v) is 3.77. The smallest absolute Gasteiger partial charge is 0.134 e. The van der Waals surface area contributed by atoms with E-state index in [1.807, 2.05) is 31.3 Å². The quantitative estimate of drug-likeness (QED) is 0.731. The van der Waals surface area contributed by atoms with Crippen LogP contribution in [0, 0.1) is 6.92 Å². The number of fused-ring (bicyclic) bond motifs is 1. The molecular formula is C17H19N3O. The SMILES string of the molecule is Cc1cnc(C(C)N(C)Cc2cc3ccccc3o2)cn1. The summed E-state index contributed by atoms with van der Waals surface area (Å²) in [5.74, 6) is 0.964. The second-order valence-corrected chi connectivity index (χ2v) is 5.42. The average molecular weight is 281 g/mol. The van der Waals surface area contributed by atoms with Gasteiger partial charge in [-0.15, -0.1) is 0 Å². The molecule has 0 bridgehead atoms. The molecule has 0 radical (unpaired) electrons. The zero-order valence-corrected chi connectivity index (χ0v) is 12.6. The summed E-state index contributed by atoms with van der Waals surface area (Å²) in [6.45, 7) is 4.81. The monoisotopic (exact) mass is 281 g/mol. The molecule has 3 rings (SSSR count). The molecule has 0 saturated heterocycles. The zero-order valence-electron chi connectivity index (χ0n) is 12.6. The molecule has 1 unspecified atom stereocenters. The molecule has 4 nitrogen and oxygen atoms in total. The van der Waals surface area contributed by atoms with Crippen LogP contribution in [0.15, 0.2) is 47.1 Å². The van der Waals surface area contributed by atoms with Crippen molar-refractivity contribution in [2.75, 3.05) is 7.05 Å². The first kappa shape index (κ1) is 13.8. The van der Waals surface area contributed by atoms with E-state index in [2.05, 4.69) is 41.0 Å². The summed E-state index contributed by atoms with van der Waals surface area (Å²) in [4.78, 5) is 11.0. The lowest BCUT2D eigenvalue weighted by atomic mass is 10.2. The standard InChI is InChI=1S/C17H19N3O/c1-12-9-19-16(10-18-12)13(2)20(3)11-15-8-14-6-4-5-7-17(14)21-15/h4-10,13H,11H2,1-3H3. The third kappa shape index (κ3) is 2.95. The molecule has 21 heavy (non-hydrogen) atoms. The van der Waals surface area contributed by atoms with Crippen molar-refractivity contribution in [3.05, 3.63) is 59.9 Å². The van der Waals surface area contributed by atoms with E-state index in [-0.39, 0.29) is 6.04 Å². The average Bonchev–Trinajstić information content (AvgIpc) is 2.89. The van der Waals surface area contributed by atoms with Crippen LogP contribution in [0.2, 0.25) is 0 Å². The molecule has 0 saturated carbocycles. The summed E-state index contributed by atoms with van der Waals surface area (Å²) in [5, 5.41) is 1.14. The predicted octanol–water partition coefficient (Wildman–Crippen LogP) is 3.72. The number of benzene rings is 1. The molecule has 108 valence electrons. The van der Waals surface area contributed by atoms with E-state index in [1.165, 1.54) is 0 Å². The van der Waals surface area contributed by atoms with Crippen molar-refractivity contribution in [1.82, 2.24) is 14.9 Å². The number of para-hydroxylation sites is 1. The molecule has 3 aromatic rings. The second kappa shape index (κ2) is 5.66. The molecule has 2 heterocycles. The fourth-order valence-electron chi connectivity index (χ4n) is 2.34. The lowest BCUT2D eigenvalue weighted by Crippen LogP contribution is -2.22. The lowest BCUT2D eigenvalue weighted by Gasteiger charge is -2.22. The van der Waals surface area contributed by atoms with Crippen molar-refractivity contribution < 1.29 is 4.42 Å². The van der Waals surface area contributed by atoms with Crippen LogP contribution in [-0.4, -0.2) is 21.9 Å². The minimum atomic E-state index is 0.186. The van der Waals surface area contributed by atoms with Gasteiger partial charge in [0.25, 0.3) is 0 Å². The van der Waals surface area contributed by atoms with Gasteiger partial charge in [0.1, 0.15) is 11.3 Å². The van der Waals surface area contributed by atoms with E-state index in [0.29, 0.717) is 0 Å². The van der Waals surface area contributed by atoms with Gasteiger partial charge in [-0.3, -0.25) is 14.9 Å². The highest BCUT2D eigenvalue weighted by atomic mass is 16.3. The number of aryl methyl sites for hydroxylation is 1. The van der Waals surface area contributed by atoms with E-state index < -0.39 is 0 Å². The summed E-state index contributed by atoms with van der Waals surface area (Å²) >= 11 is 0. The van der Waals surface area contributed by atoms with Gasteiger partial charge in [-0.25, -0.2) is 0 Å².